The number of rotatable bonds is 6. The number of halogens is 1. The van der Waals surface area contributed by atoms with Gasteiger partial charge < -0.3 is 10.1 Å². The van der Waals surface area contributed by atoms with Crippen molar-refractivity contribution in [3.8, 4) is 0 Å². The van der Waals surface area contributed by atoms with Crippen LogP contribution in [0.5, 0.6) is 0 Å². The van der Waals surface area contributed by atoms with Gasteiger partial charge in [0.1, 0.15) is 12.1 Å². The maximum Gasteiger partial charge on any atom is 0.163 e. The Hall–Kier alpha value is -1.40. The van der Waals surface area contributed by atoms with Crippen LogP contribution in [0.1, 0.15) is 0 Å². The van der Waals surface area contributed by atoms with Crippen LogP contribution in [0.25, 0.3) is 11.0 Å². The largest absolute Gasteiger partial charge is 0.378 e. The minimum absolute atomic E-state index is 0.514. The number of fused-ring (bicyclic) bond motifs is 1. The Morgan fingerprint density at radius 3 is 3.12 bits per heavy atom. The van der Waals surface area contributed by atoms with Gasteiger partial charge >= 0.3 is 0 Å². The van der Waals surface area contributed by atoms with E-state index in [1.807, 2.05) is 7.05 Å². The molecule has 6 nitrogen and oxygen atoms in total. The first-order chi connectivity index (χ1) is 8.33. The monoisotopic (exact) mass is 255 g/mol. The molecule has 2 aromatic rings. The van der Waals surface area contributed by atoms with Gasteiger partial charge in [-0.25, -0.2) is 9.97 Å². The number of hydrogen-bond acceptors (Lipinski definition) is 5. The van der Waals surface area contributed by atoms with Crippen LogP contribution in [0.15, 0.2) is 12.5 Å². The molecule has 17 heavy (non-hydrogen) atoms. The highest BCUT2D eigenvalue weighted by Gasteiger charge is 2.06. The van der Waals surface area contributed by atoms with Crippen molar-refractivity contribution in [3.63, 3.8) is 0 Å². The van der Waals surface area contributed by atoms with E-state index in [0.29, 0.717) is 25.6 Å². The van der Waals surface area contributed by atoms with Crippen LogP contribution in [-0.2, 0) is 11.8 Å². The molecule has 2 rings (SSSR count). The van der Waals surface area contributed by atoms with Crippen LogP contribution >= 0.6 is 11.6 Å². The summed E-state index contributed by atoms with van der Waals surface area (Å²) in [6.45, 7) is 1.84. The highest BCUT2D eigenvalue weighted by molar-refractivity contribution is 6.17. The van der Waals surface area contributed by atoms with Crippen molar-refractivity contribution in [3.05, 3.63) is 12.5 Å². The van der Waals surface area contributed by atoms with Gasteiger partial charge in [0.25, 0.3) is 0 Å². The lowest BCUT2D eigenvalue weighted by atomic mass is 10.4. The molecule has 0 atom stereocenters. The molecule has 2 aromatic heterocycles. The van der Waals surface area contributed by atoms with Crippen LogP contribution in [0.3, 0.4) is 0 Å². The summed E-state index contributed by atoms with van der Waals surface area (Å²) in [5.74, 6) is 1.29. The lowest BCUT2D eigenvalue weighted by molar-refractivity contribution is 0.160. The average Bonchev–Trinajstić information content (AvgIpc) is 2.72. The second kappa shape index (κ2) is 5.79. The number of anilines is 1. The molecule has 0 spiro atoms. The molecule has 0 saturated carbocycles. The molecule has 0 bridgehead atoms. The fourth-order valence-corrected chi connectivity index (χ4v) is 1.61. The molecule has 0 aliphatic heterocycles. The fourth-order valence-electron chi connectivity index (χ4n) is 1.50. The van der Waals surface area contributed by atoms with Crippen molar-refractivity contribution in [2.75, 3.05) is 31.0 Å². The summed E-state index contributed by atoms with van der Waals surface area (Å²) in [5.41, 5.74) is 0.809. The number of nitrogens with one attached hydrogen (secondary N) is 1. The number of nitrogens with zero attached hydrogens (tertiary/aromatic N) is 4. The zero-order chi connectivity index (χ0) is 12.1. The number of aromatic nitrogens is 4. The number of aryl methyl sites for hydroxylation is 1. The third-order valence-corrected chi connectivity index (χ3v) is 2.44. The molecule has 1 N–H and O–H groups in total. The molecule has 0 radical (unpaired) electrons. The van der Waals surface area contributed by atoms with Gasteiger partial charge in [-0.3, -0.25) is 4.68 Å². The maximum absolute atomic E-state index is 5.50. The molecular formula is C10H14ClN5O. The molecular weight excluding hydrogens is 242 g/mol. The van der Waals surface area contributed by atoms with Crippen molar-refractivity contribution < 1.29 is 4.74 Å². The Bertz CT molecular complexity index is 487. The van der Waals surface area contributed by atoms with Gasteiger partial charge in [-0.1, -0.05) is 0 Å². The highest BCUT2D eigenvalue weighted by Crippen LogP contribution is 2.17. The third kappa shape index (κ3) is 2.83. The van der Waals surface area contributed by atoms with E-state index >= 15 is 0 Å². The molecule has 0 unspecified atom stereocenters. The van der Waals surface area contributed by atoms with Crippen LogP contribution < -0.4 is 5.32 Å². The molecule has 7 heteroatoms. The van der Waals surface area contributed by atoms with Gasteiger partial charge in [0.15, 0.2) is 5.65 Å². The number of alkyl halides is 1. The van der Waals surface area contributed by atoms with Crippen LogP contribution in [-0.4, -0.2) is 45.4 Å². The SMILES string of the molecule is Cn1ncc2c(NCCOCCCl)ncnc21. The molecule has 92 valence electrons. The topological polar surface area (TPSA) is 64.9 Å². The second-order valence-corrected chi connectivity index (χ2v) is 3.83. The smallest absolute Gasteiger partial charge is 0.163 e. The predicted molar refractivity (Wildman–Crippen MR) is 66.3 cm³/mol. The predicted octanol–water partition coefficient (Wildman–Crippen LogP) is 1.03. The van der Waals surface area contributed by atoms with E-state index in [0.717, 1.165) is 16.9 Å². The number of ether oxygens (including phenoxy) is 1. The van der Waals surface area contributed by atoms with E-state index in [2.05, 4.69) is 20.4 Å². The van der Waals surface area contributed by atoms with E-state index in [1.54, 1.807) is 10.9 Å². The Labute approximate surface area is 104 Å². The first-order valence-electron chi connectivity index (χ1n) is 5.33. The first-order valence-corrected chi connectivity index (χ1v) is 5.86. The number of hydrogen-bond donors (Lipinski definition) is 1. The van der Waals surface area contributed by atoms with Gasteiger partial charge in [-0.15, -0.1) is 11.6 Å². The van der Waals surface area contributed by atoms with Crippen molar-refractivity contribution in [1.29, 1.82) is 0 Å². The van der Waals surface area contributed by atoms with Crippen molar-refractivity contribution in [2.24, 2.45) is 7.05 Å². The minimum atomic E-state index is 0.514. The van der Waals surface area contributed by atoms with E-state index in [-0.39, 0.29) is 0 Å². The summed E-state index contributed by atoms with van der Waals surface area (Å²) in [5, 5.41) is 8.24. The second-order valence-electron chi connectivity index (χ2n) is 3.46. The Kier molecular flexibility index (Phi) is 4.11. The Morgan fingerprint density at radius 2 is 2.29 bits per heavy atom. The lowest BCUT2D eigenvalue weighted by Crippen LogP contribution is -2.11. The molecule has 0 aliphatic rings. The fraction of sp³-hybridized carbons (Fsp3) is 0.500. The van der Waals surface area contributed by atoms with Crippen LogP contribution in [0, 0.1) is 0 Å². The Balaban J connectivity index is 1.99. The summed E-state index contributed by atoms with van der Waals surface area (Å²) in [6, 6.07) is 0. The third-order valence-electron chi connectivity index (χ3n) is 2.29. The van der Waals surface area contributed by atoms with Crippen molar-refractivity contribution >= 4 is 28.5 Å². The van der Waals surface area contributed by atoms with E-state index in [9.17, 15) is 0 Å². The van der Waals surface area contributed by atoms with Gasteiger partial charge in [0, 0.05) is 19.5 Å². The summed E-state index contributed by atoms with van der Waals surface area (Å²) in [4.78, 5) is 8.34. The average molecular weight is 256 g/mol. The minimum Gasteiger partial charge on any atom is -0.378 e. The molecule has 0 aliphatic carbocycles. The van der Waals surface area contributed by atoms with Crippen molar-refractivity contribution in [2.45, 2.75) is 0 Å². The highest BCUT2D eigenvalue weighted by atomic mass is 35.5. The lowest BCUT2D eigenvalue weighted by Gasteiger charge is -2.06. The molecule has 0 amide bonds. The Morgan fingerprint density at radius 1 is 1.41 bits per heavy atom. The quantitative estimate of drug-likeness (QED) is 0.617. The molecule has 2 heterocycles. The van der Waals surface area contributed by atoms with E-state index < -0.39 is 0 Å². The van der Waals surface area contributed by atoms with E-state index in [1.165, 1.54) is 6.33 Å². The zero-order valence-corrected chi connectivity index (χ0v) is 10.3. The first kappa shape index (κ1) is 12.1. The van der Waals surface area contributed by atoms with Gasteiger partial charge in [0.05, 0.1) is 24.8 Å². The summed E-state index contributed by atoms with van der Waals surface area (Å²) in [6.07, 6.45) is 3.27. The summed E-state index contributed by atoms with van der Waals surface area (Å²) in [7, 11) is 1.85. The zero-order valence-electron chi connectivity index (χ0n) is 9.56. The van der Waals surface area contributed by atoms with Crippen molar-refractivity contribution in [1.82, 2.24) is 19.7 Å². The maximum atomic E-state index is 5.50. The van der Waals surface area contributed by atoms with Crippen LogP contribution in [0.2, 0.25) is 0 Å². The summed E-state index contributed by atoms with van der Waals surface area (Å²) >= 11 is 5.50. The molecule has 0 fully saturated rings. The summed E-state index contributed by atoms with van der Waals surface area (Å²) < 4.78 is 6.98. The van der Waals surface area contributed by atoms with Gasteiger partial charge in [-0.2, -0.15) is 5.10 Å². The van der Waals surface area contributed by atoms with Gasteiger partial charge in [0.2, 0.25) is 0 Å². The molecule has 0 aromatic carbocycles. The van der Waals surface area contributed by atoms with Crippen LogP contribution in [0.4, 0.5) is 5.82 Å². The standard InChI is InChI=1S/C10H14ClN5O/c1-16-10-8(6-15-16)9(13-7-14-10)12-3-5-17-4-2-11/h6-7H,2-5H2,1H3,(H,12,13,14). The molecule has 0 saturated heterocycles. The van der Waals surface area contributed by atoms with E-state index in [4.69, 9.17) is 16.3 Å². The normalized spacial score (nSPS) is 10.9. The van der Waals surface area contributed by atoms with Gasteiger partial charge in [-0.05, 0) is 0 Å².